The van der Waals surface area contributed by atoms with E-state index in [9.17, 15) is 0 Å². The lowest BCUT2D eigenvalue weighted by Gasteiger charge is -2.27. The van der Waals surface area contributed by atoms with Gasteiger partial charge in [-0.05, 0) is 21.5 Å². The Hall–Kier alpha value is -3.24. The van der Waals surface area contributed by atoms with E-state index in [1.165, 1.54) is 15.6 Å². The van der Waals surface area contributed by atoms with Crippen LogP contribution in [0, 0.1) is 23.4 Å². The van der Waals surface area contributed by atoms with Crippen molar-refractivity contribution in [1.29, 1.82) is 0 Å². The van der Waals surface area contributed by atoms with Gasteiger partial charge in [-0.1, -0.05) is 91.0 Å². The summed E-state index contributed by atoms with van der Waals surface area (Å²) in [6.45, 7) is 0. The van der Waals surface area contributed by atoms with Crippen LogP contribution >= 0.6 is 0 Å². The van der Waals surface area contributed by atoms with Crippen molar-refractivity contribution in [3.63, 3.8) is 0 Å². The molecule has 0 heterocycles. The topological polar surface area (TPSA) is 6.48 Å². The van der Waals surface area contributed by atoms with Gasteiger partial charge in [-0.15, -0.1) is 5.54 Å². The Bertz CT molecular complexity index is 911. The SMILES string of the molecule is CN(C)N(C)C#CC#C[Si](c1ccccc1)(c1ccccc1)c1ccccc1. The Labute approximate surface area is 169 Å². The largest absolute Gasteiger partial charge is 0.267 e. The number of rotatable bonds is 4. The van der Waals surface area contributed by atoms with Gasteiger partial charge in [-0.25, -0.2) is 5.01 Å². The minimum Gasteiger partial charge on any atom is -0.267 e. The first-order chi connectivity index (χ1) is 13.6. The van der Waals surface area contributed by atoms with Crippen molar-refractivity contribution in [2.75, 3.05) is 21.1 Å². The van der Waals surface area contributed by atoms with Crippen LogP contribution in [0.4, 0.5) is 0 Å². The van der Waals surface area contributed by atoms with Crippen LogP contribution in [-0.2, 0) is 0 Å². The van der Waals surface area contributed by atoms with Crippen molar-refractivity contribution in [1.82, 2.24) is 10.0 Å². The molecule has 0 aliphatic heterocycles. The molecule has 3 aromatic rings. The summed E-state index contributed by atoms with van der Waals surface area (Å²) in [6, 6.07) is 35.0. The van der Waals surface area contributed by atoms with E-state index in [-0.39, 0.29) is 0 Å². The molecule has 0 radical (unpaired) electrons. The van der Waals surface area contributed by atoms with Gasteiger partial charge >= 0.3 is 0 Å². The number of hydrogen-bond acceptors (Lipinski definition) is 2. The van der Waals surface area contributed by atoms with Gasteiger partial charge < -0.3 is 0 Å². The summed E-state index contributed by atoms with van der Waals surface area (Å²) < 4.78 is 0. The van der Waals surface area contributed by atoms with E-state index >= 15 is 0 Å². The first kappa shape index (κ1) is 19.5. The molecule has 0 aliphatic carbocycles. The number of hydrazine groups is 1. The molecule has 0 spiro atoms. The quantitative estimate of drug-likeness (QED) is 0.225. The number of hydrogen-bond donors (Lipinski definition) is 0. The monoisotopic (exact) mass is 380 g/mol. The third-order valence-corrected chi connectivity index (χ3v) is 8.85. The predicted molar refractivity (Wildman–Crippen MR) is 121 cm³/mol. The molecule has 0 aromatic heterocycles. The summed E-state index contributed by atoms with van der Waals surface area (Å²) in [5, 5.41) is 7.55. The van der Waals surface area contributed by atoms with E-state index in [2.05, 4.69) is 114 Å². The molecule has 28 heavy (non-hydrogen) atoms. The molecular weight excluding hydrogens is 356 g/mol. The van der Waals surface area contributed by atoms with E-state index in [4.69, 9.17) is 0 Å². The van der Waals surface area contributed by atoms with Gasteiger partial charge in [-0.2, -0.15) is 0 Å². The van der Waals surface area contributed by atoms with Gasteiger partial charge in [0, 0.05) is 33.1 Å². The summed E-state index contributed by atoms with van der Waals surface area (Å²) in [7, 11) is 3.32. The molecule has 138 valence electrons. The maximum atomic E-state index is 3.65. The highest BCUT2D eigenvalue weighted by molar-refractivity contribution is 7.16. The van der Waals surface area contributed by atoms with Crippen LogP contribution in [0.15, 0.2) is 91.0 Å². The molecule has 0 saturated heterocycles. The zero-order valence-electron chi connectivity index (χ0n) is 16.6. The molecule has 3 aromatic carbocycles. The maximum Gasteiger partial charge on any atom is 0.231 e. The molecule has 2 nitrogen and oxygen atoms in total. The van der Waals surface area contributed by atoms with Crippen molar-refractivity contribution in [3.05, 3.63) is 91.0 Å². The molecule has 0 saturated carbocycles. The lowest BCUT2D eigenvalue weighted by Crippen LogP contribution is -2.66. The van der Waals surface area contributed by atoms with E-state index in [1.54, 1.807) is 0 Å². The smallest absolute Gasteiger partial charge is 0.231 e. The van der Waals surface area contributed by atoms with Crippen molar-refractivity contribution >= 4 is 23.6 Å². The molecule has 0 N–H and O–H groups in total. The van der Waals surface area contributed by atoms with Crippen LogP contribution in [0.25, 0.3) is 0 Å². The van der Waals surface area contributed by atoms with Crippen molar-refractivity contribution in [2.24, 2.45) is 0 Å². The Kier molecular flexibility index (Phi) is 6.35. The van der Waals surface area contributed by atoms with Crippen molar-refractivity contribution in [2.45, 2.75) is 0 Å². The van der Waals surface area contributed by atoms with E-state index in [0.717, 1.165) is 0 Å². The summed E-state index contributed by atoms with van der Waals surface area (Å²) in [4.78, 5) is 0. The van der Waals surface area contributed by atoms with Gasteiger partial charge in [0.2, 0.25) is 8.07 Å². The molecule has 3 rings (SSSR count). The molecular formula is C25H24N2Si. The van der Waals surface area contributed by atoms with Gasteiger partial charge in [0.05, 0.1) is 0 Å². The lowest BCUT2D eigenvalue weighted by molar-refractivity contribution is 0.130. The first-order valence-electron chi connectivity index (χ1n) is 9.25. The Morgan fingerprint density at radius 3 is 1.32 bits per heavy atom. The maximum absolute atomic E-state index is 3.65. The van der Waals surface area contributed by atoms with Gasteiger partial charge in [0.25, 0.3) is 0 Å². The summed E-state index contributed by atoms with van der Waals surface area (Å²) >= 11 is 0. The Morgan fingerprint density at radius 1 is 0.571 bits per heavy atom. The second-order valence-electron chi connectivity index (χ2n) is 6.71. The molecule has 0 atom stereocenters. The van der Waals surface area contributed by atoms with Crippen LogP contribution in [0.5, 0.6) is 0 Å². The van der Waals surface area contributed by atoms with E-state index < -0.39 is 8.07 Å². The van der Waals surface area contributed by atoms with Gasteiger partial charge in [-0.3, -0.25) is 5.01 Å². The Balaban J connectivity index is 2.24. The molecule has 0 bridgehead atoms. The average molecular weight is 381 g/mol. The van der Waals surface area contributed by atoms with E-state index in [0.29, 0.717) is 0 Å². The fraction of sp³-hybridized carbons (Fsp3) is 0.120. The highest BCUT2D eigenvalue weighted by Crippen LogP contribution is 2.07. The van der Waals surface area contributed by atoms with Gasteiger partial charge in [0.1, 0.15) is 0 Å². The minimum absolute atomic E-state index is 1.27. The molecule has 0 aliphatic rings. The summed E-state index contributed by atoms with van der Waals surface area (Å²) in [6.07, 6.45) is 0. The zero-order chi connectivity index (χ0) is 19.8. The van der Waals surface area contributed by atoms with Gasteiger partial charge in [0.15, 0.2) is 0 Å². The second kappa shape index (κ2) is 9.11. The van der Waals surface area contributed by atoms with Crippen molar-refractivity contribution in [3.8, 4) is 23.4 Å². The minimum atomic E-state index is -2.52. The lowest BCUT2D eigenvalue weighted by atomic mass is 10.3. The van der Waals surface area contributed by atoms with E-state index in [1.807, 2.05) is 31.2 Å². The standard InChI is InChI=1S/C25H24N2Si/c1-26(2)27(3)21-13-14-22-28(23-15-7-4-8-16-23,24-17-9-5-10-18-24)25-19-11-6-12-20-25/h4-12,15-20H,1-3H3. The van der Waals surface area contributed by atoms with Crippen LogP contribution in [0.3, 0.4) is 0 Å². The highest BCUT2D eigenvalue weighted by Gasteiger charge is 2.38. The normalized spacial score (nSPS) is 10.4. The third-order valence-electron chi connectivity index (χ3n) is 4.75. The molecule has 0 unspecified atom stereocenters. The van der Waals surface area contributed by atoms with Crippen molar-refractivity contribution < 1.29 is 0 Å². The highest BCUT2D eigenvalue weighted by atomic mass is 28.3. The molecule has 0 fully saturated rings. The summed E-state index contributed by atoms with van der Waals surface area (Å²) in [5.74, 6) is 6.23. The second-order valence-corrected chi connectivity index (χ2v) is 10.2. The van der Waals surface area contributed by atoms with Crippen LogP contribution in [0.2, 0.25) is 0 Å². The third kappa shape index (κ3) is 4.18. The molecule has 3 heteroatoms. The predicted octanol–water partition coefficient (Wildman–Crippen LogP) is 2.07. The number of benzene rings is 3. The number of nitrogens with zero attached hydrogens (tertiary/aromatic N) is 2. The summed E-state index contributed by atoms with van der Waals surface area (Å²) in [5.41, 5.74) is 3.65. The zero-order valence-corrected chi connectivity index (χ0v) is 17.6. The van der Waals surface area contributed by atoms with Crippen LogP contribution in [-0.4, -0.2) is 39.2 Å². The first-order valence-corrected chi connectivity index (χ1v) is 11.2. The fourth-order valence-electron chi connectivity index (χ4n) is 3.11. The Morgan fingerprint density at radius 2 is 0.964 bits per heavy atom. The fourth-order valence-corrected chi connectivity index (χ4v) is 6.88. The molecule has 0 amide bonds. The van der Waals surface area contributed by atoms with Crippen LogP contribution < -0.4 is 15.6 Å². The van der Waals surface area contributed by atoms with Crippen LogP contribution in [0.1, 0.15) is 0 Å². The average Bonchev–Trinajstić information content (AvgIpc) is 2.75.